The highest BCUT2D eigenvalue weighted by Crippen LogP contribution is 1.83. The minimum absolute atomic E-state index is 0.343. The zero-order valence-corrected chi connectivity index (χ0v) is 7.76. The zero-order chi connectivity index (χ0) is 9.28. The number of hydrogen-bond donors (Lipinski definition) is 0. The number of hydrogen-bond acceptors (Lipinski definition) is 2. The molecule has 66 valence electrons. The number of ketones is 1. The van der Waals surface area contributed by atoms with Gasteiger partial charge < -0.3 is 4.90 Å². The molecule has 0 fully saturated rings. The quantitative estimate of drug-likeness (QED) is 0.578. The highest BCUT2D eigenvalue weighted by atomic mass is 16.1. The van der Waals surface area contributed by atoms with Crippen molar-refractivity contribution in [3.8, 4) is 0 Å². The van der Waals surface area contributed by atoms with E-state index in [1.54, 1.807) is 14.1 Å². The average molecular weight is 159 g/mol. The summed E-state index contributed by atoms with van der Waals surface area (Å²) in [6, 6.07) is 0. The molecular weight excluding hydrogens is 142 g/mol. The first-order valence-electron chi connectivity index (χ1n) is 3.71. The highest BCUT2D eigenvalue weighted by Gasteiger charge is 1.86. The molecule has 0 spiro atoms. The SMILES string of the molecule is CCC(=O)CC.CN(C)C=O. The maximum Gasteiger partial charge on any atom is 0.209 e. The maximum atomic E-state index is 10.2. The van der Waals surface area contributed by atoms with Crippen molar-refractivity contribution in [1.82, 2.24) is 4.90 Å². The Balaban J connectivity index is 0. The molecule has 1 amide bonds. The van der Waals surface area contributed by atoms with E-state index in [1.807, 2.05) is 13.8 Å². The largest absolute Gasteiger partial charge is 0.351 e. The lowest BCUT2D eigenvalue weighted by Gasteiger charge is -1.93. The molecule has 0 saturated carbocycles. The monoisotopic (exact) mass is 159 g/mol. The number of carbonyl (C=O) groups is 2. The molecule has 3 heteroatoms. The molecule has 0 N–H and O–H groups in total. The number of amides is 1. The van der Waals surface area contributed by atoms with Crippen LogP contribution in [-0.4, -0.2) is 31.2 Å². The van der Waals surface area contributed by atoms with E-state index in [0.717, 1.165) is 6.41 Å². The topological polar surface area (TPSA) is 37.4 Å². The van der Waals surface area contributed by atoms with E-state index in [9.17, 15) is 9.59 Å². The van der Waals surface area contributed by atoms with Gasteiger partial charge in [-0.15, -0.1) is 0 Å². The van der Waals surface area contributed by atoms with Gasteiger partial charge in [0.1, 0.15) is 5.78 Å². The van der Waals surface area contributed by atoms with Gasteiger partial charge in [0, 0.05) is 26.9 Å². The second-order valence-electron chi connectivity index (χ2n) is 2.31. The molecule has 0 atom stereocenters. The molecule has 0 saturated heterocycles. The third-order valence-corrected chi connectivity index (χ3v) is 0.999. The minimum Gasteiger partial charge on any atom is -0.351 e. The number of rotatable bonds is 3. The highest BCUT2D eigenvalue weighted by molar-refractivity contribution is 5.77. The van der Waals surface area contributed by atoms with Crippen LogP contribution >= 0.6 is 0 Å². The Morgan fingerprint density at radius 1 is 1.27 bits per heavy atom. The van der Waals surface area contributed by atoms with E-state index >= 15 is 0 Å². The van der Waals surface area contributed by atoms with Gasteiger partial charge in [0.2, 0.25) is 6.41 Å². The lowest BCUT2D eigenvalue weighted by Crippen LogP contribution is -2.06. The summed E-state index contributed by atoms with van der Waals surface area (Å²) in [6.07, 6.45) is 2.13. The maximum absolute atomic E-state index is 10.2. The van der Waals surface area contributed by atoms with Crippen LogP contribution in [0.2, 0.25) is 0 Å². The van der Waals surface area contributed by atoms with Gasteiger partial charge in [-0.1, -0.05) is 13.8 Å². The van der Waals surface area contributed by atoms with Crippen LogP contribution in [0.1, 0.15) is 26.7 Å². The van der Waals surface area contributed by atoms with Crippen molar-refractivity contribution in [2.24, 2.45) is 0 Å². The van der Waals surface area contributed by atoms with Gasteiger partial charge in [0.15, 0.2) is 0 Å². The summed E-state index contributed by atoms with van der Waals surface area (Å²) < 4.78 is 0. The van der Waals surface area contributed by atoms with E-state index in [1.165, 1.54) is 4.90 Å². The number of Topliss-reactive ketones (excluding diaryl/α,β-unsaturated/α-hetero) is 1. The van der Waals surface area contributed by atoms with Crippen LogP contribution in [0.5, 0.6) is 0 Å². The molecular formula is C8H17NO2. The molecule has 0 heterocycles. The first-order valence-corrected chi connectivity index (χ1v) is 3.71. The molecule has 0 aliphatic carbocycles. The molecule has 0 aromatic heterocycles. The van der Waals surface area contributed by atoms with Crippen LogP contribution in [0.15, 0.2) is 0 Å². The van der Waals surface area contributed by atoms with Crippen molar-refractivity contribution >= 4 is 12.2 Å². The van der Waals surface area contributed by atoms with E-state index in [0.29, 0.717) is 18.6 Å². The van der Waals surface area contributed by atoms with Crippen molar-refractivity contribution in [3.63, 3.8) is 0 Å². The third kappa shape index (κ3) is 17.6. The smallest absolute Gasteiger partial charge is 0.209 e. The summed E-state index contributed by atoms with van der Waals surface area (Å²) in [6.45, 7) is 3.76. The molecule has 0 radical (unpaired) electrons. The molecule has 0 bridgehead atoms. The Labute approximate surface area is 68.4 Å². The van der Waals surface area contributed by atoms with E-state index in [-0.39, 0.29) is 0 Å². The van der Waals surface area contributed by atoms with Crippen molar-refractivity contribution in [2.75, 3.05) is 14.1 Å². The fourth-order valence-corrected chi connectivity index (χ4v) is 0.250. The molecule has 3 nitrogen and oxygen atoms in total. The van der Waals surface area contributed by atoms with Crippen molar-refractivity contribution in [2.45, 2.75) is 26.7 Å². The van der Waals surface area contributed by atoms with Crippen molar-refractivity contribution in [1.29, 1.82) is 0 Å². The predicted molar refractivity (Wildman–Crippen MR) is 45.3 cm³/mol. The van der Waals surface area contributed by atoms with Gasteiger partial charge in [-0.3, -0.25) is 9.59 Å². The lowest BCUT2D eigenvalue weighted by molar-refractivity contribution is -0.118. The van der Waals surface area contributed by atoms with Crippen LogP contribution in [0.4, 0.5) is 0 Å². The van der Waals surface area contributed by atoms with Crippen LogP contribution in [-0.2, 0) is 9.59 Å². The van der Waals surface area contributed by atoms with Crippen molar-refractivity contribution in [3.05, 3.63) is 0 Å². The van der Waals surface area contributed by atoms with Crippen molar-refractivity contribution < 1.29 is 9.59 Å². The molecule has 0 aromatic carbocycles. The normalized spacial score (nSPS) is 7.64. The Bertz CT molecular complexity index is 105. The van der Waals surface area contributed by atoms with Crippen LogP contribution in [0.25, 0.3) is 0 Å². The lowest BCUT2D eigenvalue weighted by atomic mass is 10.3. The molecule has 0 aliphatic rings. The molecule has 0 aromatic rings. The number of nitrogens with zero attached hydrogens (tertiary/aromatic N) is 1. The van der Waals surface area contributed by atoms with Gasteiger partial charge in [-0.05, 0) is 0 Å². The van der Waals surface area contributed by atoms with Crippen LogP contribution in [0.3, 0.4) is 0 Å². The van der Waals surface area contributed by atoms with Gasteiger partial charge in [-0.2, -0.15) is 0 Å². The summed E-state index contributed by atoms with van der Waals surface area (Å²) in [5.74, 6) is 0.343. The molecule has 0 aliphatic heterocycles. The van der Waals surface area contributed by atoms with Gasteiger partial charge >= 0.3 is 0 Å². The molecule has 0 rings (SSSR count). The first kappa shape index (κ1) is 12.8. The second-order valence-corrected chi connectivity index (χ2v) is 2.31. The van der Waals surface area contributed by atoms with Gasteiger partial charge in [-0.25, -0.2) is 0 Å². The van der Waals surface area contributed by atoms with Gasteiger partial charge in [0.25, 0.3) is 0 Å². The standard InChI is InChI=1S/C5H10O.C3H7NO/c1-3-5(6)4-2;1-4(2)3-5/h3-4H2,1-2H3;3H,1-2H3. The molecule has 0 unspecified atom stereocenters. The third-order valence-electron chi connectivity index (χ3n) is 0.999. The average Bonchev–Trinajstić information content (AvgIpc) is 2.04. The van der Waals surface area contributed by atoms with Crippen LogP contribution in [0, 0.1) is 0 Å². The fraction of sp³-hybridized carbons (Fsp3) is 0.750. The summed E-state index contributed by atoms with van der Waals surface area (Å²) >= 11 is 0. The number of carbonyl (C=O) groups excluding carboxylic acids is 2. The Kier molecular flexibility index (Phi) is 10.6. The second kappa shape index (κ2) is 9.14. The summed E-state index contributed by atoms with van der Waals surface area (Å²) in [4.78, 5) is 21.1. The summed E-state index contributed by atoms with van der Waals surface area (Å²) in [7, 11) is 3.38. The Morgan fingerprint density at radius 3 is 1.55 bits per heavy atom. The Morgan fingerprint density at radius 2 is 1.55 bits per heavy atom. The first-order chi connectivity index (χ1) is 5.08. The Hall–Kier alpha value is -0.860. The van der Waals surface area contributed by atoms with E-state index in [4.69, 9.17) is 0 Å². The van der Waals surface area contributed by atoms with E-state index in [2.05, 4.69) is 0 Å². The molecule has 11 heavy (non-hydrogen) atoms. The van der Waals surface area contributed by atoms with Crippen LogP contribution < -0.4 is 0 Å². The summed E-state index contributed by atoms with van der Waals surface area (Å²) in [5.41, 5.74) is 0. The minimum atomic E-state index is 0.343. The van der Waals surface area contributed by atoms with E-state index < -0.39 is 0 Å². The fourth-order valence-electron chi connectivity index (χ4n) is 0.250. The summed E-state index contributed by atoms with van der Waals surface area (Å²) in [5, 5.41) is 0. The zero-order valence-electron chi connectivity index (χ0n) is 7.76. The van der Waals surface area contributed by atoms with Gasteiger partial charge in [0.05, 0.1) is 0 Å². The predicted octanol–water partition coefficient (Wildman–Crippen LogP) is 1.08.